The smallest absolute Gasteiger partial charge is 0.224 e. The van der Waals surface area contributed by atoms with Crippen molar-refractivity contribution in [1.82, 2.24) is 4.90 Å². The summed E-state index contributed by atoms with van der Waals surface area (Å²) >= 11 is 3.45. The zero-order chi connectivity index (χ0) is 11.7. The van der Waals surface area contributed by atoms with Crippen LogP contribution in [0, 0.1) is 5.82 Å². The Balaban J connectivity index is 2.16. The summed E-state index contributed by atoms with van der Waals surface area (Å²) in [4.78, 5) is 13.8. The summed E-state index contributed by atoms with van der Waals surface area (Å²) in [6, 6.07) is 6.33. The van der Waals surface area contributed by atoms with Crippen LogP contribution in [0.15, 0.2) is 24.3 Å². The SMILES string of the molecule is CC(c1ccc(F)cc1)N1CC(Br)CC1=O. The van der Waals surface area contributed by atoms with E-state index in [2.05, 4.69) is 15.9 Å². The van der Waals surface area contributed by atoms with Gasteiger partial charge in [0.05, 0.1) is 6.04 Å². The van der Waals surface area contributed by atoms with Crippen molar-refractivity contribution in [3.05, 3.63) is 35.6 Å². The highest BCUT2D eigenvalue weighted by Crippen LogP contribution is 2.28. The van der Waals surface area contributed by atoms with Gasteiger partial charge in [-0.3, -0.25) is 4.79 Å². The lowest BCUT2D eigenvalue weighted by molar-refractivity contribution is -0.129. The maximum absolute atomic E-state index is 12.8. The lowest BCUT2D eigenvalue weighted by Crippen LogP contribution is -2.28. The highest BCUT2D eigenvalue weighted by atomic mass is 79.9. The molecule has 86 valence electrons. The van der Waals surface area contributed by atoms with Crippen LogP contribution in [0.2, 0.25) is 0 Å². The Morgan fingerprint density at radius 3 is 2.56 bits per heavy atom. The molecule has 0 aliphatic carbocycles. The van der Waals surface area contributed by atoms with E-state index in [1.807, 2.05) is 11.8 Å². The highest BCUT2D eigenvalue weighted by molar-refractivity contribution is 9.09. The average molecular weight is 286 g/mol. The van der Waals surface area contributed by atoms with Gasteiger partial charge in [-0.25, -0.2) is 4.39 Å². The fourth-order valence-corrected chi connectivity index (χ4v) is 2.57. The molecule has 1 aliphatic heterocycles. The first-order valence-electron chi connectivity index (χ1n) is 5.27. The van der Waals surface area contributed by atoms with E-state index in [9.17, 15) is 9.18 Å². The number of hydrogen-bond donors (Lipinski definition) is 0. The van der Waals surface area contributed by atoms with E-state index in [-0.39, 0.29) is 22.6 Å². The van der Waals surface area contributed by atoms with Gasteiger partial charge in [-0.05, 0) is 24.6 Å². The normalized spacial score (nSPS) is 22.6. The second-order valence-electron chi connectivity index (χ2n) is 4.08. The minimum Gasteiger partial charge on any atom is -0.335 e. The molecule has 2 rings (SSSR count). The number of likely N-dealkylation sites (tertiary alicyclic amines) is 1. The number of rotatable bonds is 2. The Morgan fingerprint density at radius 1 is 1.44 bits per heavy atom. The second kappa shape index (κ2) is 4.53. The minimum absolute atomic E-state index is 0.00986. The molecule has 1 saturated heterocycles. The van der Waals surface area contributed by atoms with Crippen LogP contribution in [0.3, 0.4) is 0 Å². The number of benzene rings is 1. The number of carbonyl (C=O) groups is 1. The van der Waals surface area contributed by atoms with Crippen molar-refractivity contribution >= 4 is 21.8 Å². The average Bonchev–Trinajstić information content (AvgIpc) is 2.58. The number of carbonyl (C=O) groups excluding carboxylic acids is 1. The van der Waals surface area contributed by atoms with E-state index in [1.54, 1.807) is 12.1 Å². The number of hydrogen-bond acceptors (Lipinski definition) is 1. The van der Waals surface area contributed by atoms with Gasteiger partial charge in [0.15, 0.2) is 0 Å². The number of alkyl halides is 1. The zero-order valence-electron chi connectivity index (χ0n) is 8.99. The van der Waals surface area contributed by atoms with Crippen molar-refractivity contribution in [2.75, 3.05) is 6.54 Å². The lowest BCUT2D eigenvalue weighted by Gasteiger charge is -2.24. The van der Waals surface area contributed by atoms with E-state index in [0.717, 1.165) is 12.1 Å². The molecule has 4 heteroatoms. The molecule has 1 fully saturated rings. The molecule has 0 aromatic heterocycles. The monoisotopic (exact) mass is 285 g/mol. The summed E-state index contributed by atoms with van der Waals surface area (Å²) in [7, 11) is 0. The van der Waals surface area contributed by atoms with Crippen molar-refractivity contribution in [3.8, 4) is 0 Å². The van der Waals surface area contributed by atoms with Crippen molar-refractivity contribution in [2.45, 2.75) is 24.2 Å². The van der Waals surface area contributed by atoms with Crippen molar-refractivity contribution in [1.29, 1.82) is 0 Å². The third kappa shape index (κ3) is 2.26. The molecule has 0 N–H and O–H groups in total. The highest BCUT2D eigenvalue weighted by Gasteiger charge is 2.31. The Bertz CT molecular complexity index is 393. The minimum atomic E-state index is -0.248. The first-order chi connectivity index (χ1) is 7.58. The topological polar surface area (TPSA) is 20.3 Å². The standard InChI is InChI=1S/C12H13BrFNO/c1-8(9-2-4-11(14)5-3-9)15-7-10(13)6-12(15)16/h2-5,8,10H,6-7H2,1H3. The zero-order valence-corrected chi connectivity index (χ0v) is 10.6. The van der Waals surface area contributed by atoms with Crippen molar-refractivity contribution < 1.29 is 9.18 Å². The molecule has 0 saturated carbocycles. The molecule has 1 amide bonds. The van der Waals surface area contributed by atoms with Crippen LogP contribution in [-0.2, 0) is 4.79 Å². The van der Waals surface area contributed by atoms with Gasteiger partial charge in [0.1, 0.15) is 5.82 Å². The van der Waals surface area contributed by atoms with Gasteiger partial charge in [0, 0.05) is 17.8 Å². The van der Waals surface area contributed by atoms with Gasteiger partial charge < -0.3 is 4.90 Å². The second-order valence-corrected chi connectivity index (χ2v) is 5.37. The van der Waals surface area contributed by atoms with Gasteiger partial charge in [-0.15, -0.1) is 0 Å². The molecular formula is C12H13BrFNO. The van der Waals surface area contributed by atoms with Crippen LogP contribution >= 0.6 is 15.9 Å². The molecular weight excluding hydrogens is 273 g/mol. The quantitative estimate of drug-likeness (QED) is 0.765. The van der Waals surface area contributed by atoms with Crippen LogP contribution in [0.4, 0.5) is 4.39 Å². The number of amides is 1. The summed E-state index contributed by atoms with van der Waals surface area (Å²) in [5, 5.41) is 0. The van der Waals surface area contributed by atoms with E-state index < -0.39 is 0 Å². The molecule has 2 atom stereocenters. The Kier molecular flexibility index (Phi) is 3.28. The fraction of sp³-hybridized carbons (Fsp3) is 0.417. The third-order valence-corrected chi connectivity index (χ3v) is 3.54. The van der Waals surface area contributed by atoms with Crippen LogP contribution in [0.25, 0.3) is 0 Å². The van der Waals surface area contributed by atoms with Gasteiger partial charge in [0.2, 0.25) is 5.91 Å². The third-order valence-electron chi connectivity index (χ3n) is 2.93. The lowest BCUT2D eigenvalue weighted by atomic mass is 10.1. The Hall–Kier alpha value is -0.900. The molecule has 1 heterocycles. The molecule has 2 nitrogen and oxygen atoms in total. The van der Waals surface area contributed by atoms with E-state index in [0.29, 0.717) is 6.42 Å². The first kappa shape index (κ1) is 11.6. The van der Waals surface area contributed by atoms with E-state index in [4.69, 9.17) is 0 Å². The molecule has 0 radical (unpaired) electrons. The summed E-state index contributed by atoms with van der Waals surface area (Å²) in [5.41, 5.74) is 0.969. The molecule has 0 bridgehead atoms. The summed E-state index contributed by atoms with van der Waals surface area (Å²) < 4.78 is 12.8. The predicted molar refractivity (Wildman–Crippen MR) is 63.9 cm³/mol. The van der Waals surface area contributed by atoms with E-state index >= 15 is 0 Å². The van der Waals surface area contributed by atoms with Gasteiger partial charge in [0.25, 0.3) is 0 Å². The van der Waals surface area contributed by atoms with Crippen LogP contribution < -0.4 is 0 Å². The summed E-state index contributed by atoms with van der Waals surface area (Å²) in [6.45, 7) is 2.69. The van der Waals surface area contributed by atoms with E-state index in [1.165, 1.54) is 12.1 Å². The largest absolute Gasteiger partial charge is 0.335 e. The van der Waals surface area contributed by atoms with Gasteiger partial charge in [-0.1, -0.05) is 28.1 Å². The molecule has 16 heavy (non-hydrogen) atoms. The number of nitrogens with zero attached hydrogens (tertiary/aromatic N) is 1. The van der Waals surface area contributed by atoms with Crippen molar-refractivity contribution in [2.24, 2.45) is 0 Å². The van der Waals surface area contributed by atoms with Crippen molar-refractivity contribution in [3.63, 3.8) is 0 Å². The van der Waals surface area contributed by atoms with Crippen LogP contribution in [-0.4, -0.2) is 22.2 Å². The molecule has 1 aromatic rings. The van der Waals surface area contributed by atoms with Gasteiger partial charge >= 0.3 is 0 Å². The Labute approximate surface area is 103 Å². The molecule has 0 spiro atoms. The van der Waals surface area contributed by atoms with Crippen LogP contribution in [0.5, 0.6) is 0 Å². The molecule has 1 aromatic carbocycles. The predicted octanol–water partition coefficient (Wildman–Crippen LogP) is 2.88. The summed E-state index contributed by atoms with van der Waals surface area (Å²) in [6.07, 6.45) is 0.547. The summed E-state index contributed by atoms with van der Waals surface area (Å²) in [5.74, 6) is -0.0965. The maximum atomic E-state index is 12.8. The fourth-order valence-electron chi connectivity index (χ4n) is 1.98. The molecule has 2 unspecified atom stereocenters. The molecule has 1 aliphatic rings. The first-order valence-corrected chi connectivity index (χ1v) is 6.18. The van der Waals surface area contributed by atoms with Gasteiger partial charge in [-0.2, -0.15) is 0 Å². The number of halogens is 2. The van der Waals surface area contributed by atoms with Crippen LogP contribution in [0.1, 0.15) is 24.9 Å². The maximum Gasteiger partial charge on any atom is 0.224 e. The Morgan fingerprint density at radius 2 is 2.06 bits per heavy atom.